The molecule has 0 amide bonds. The van der Waals surface area contributed by atoms with Crippen molar-refractivity contribution in [3.63, 3.8) is 0 Å². The Morgan fingerprint density at radius 2 is 2.15 bits per heavy atom. The van der Waals surface area contributed by atoms with Crippen LogP contribution in [0.3, 0.4) is 0 Å². The van der Waals surface area contributed by atoms with E-state index in [2.05, 4.69) is 12.2 Å². The molecule has 2 atom stereocenters. The van der Waals surface area contributed by atoms with Crippen LogP contribution in [-0.2, 0) is 4.74 Å². The molecule has 0 aromatic carbocycles. The van der Waals surface area contributed by atoms with Gasteiger partial charge in [-0.3, -0.25) is 0 Å². The average Bonchev–Trinajstić information content (AvgIpc) is 2.56. The van der Waals surface area contributed by atoms with Crippen molar-refractivity contribution in [1.82, 2.24) is 0 Å². The predicted molar refractivity (Wildman–Crippen MR) is 52.2 cm³/mol. The molecule has 3 aliphatic rings. The van der Waals surface area contributed by atoms with Crippen molar-refractivity contribution in [3.05, 3.63) is 23.5 Å². The van der Waals surface area contributed by atoms with Gasteiger partial charge in [-0.2, -0.15) is 0 Å². The van der Waals surface area contributed by atoms with Crippen LogP contribution in [-0.4, -0.2) is 6.10 Å². The van der Waals surface area contributed by atoms with Gasteiger partial charge in [-0.05, 0) is 43.8 Å². The van der Waals surface area contributed by atoms with E-state index in [0.717, 1.165) is 5.92 Å². The summed E-state index contributed by atoms with van der Waals surface area (Å²) in [5.74, 6) is 2.01. The summed E-state index contributed by atoms with van der Waals surface area (Å²) in [7, 11) is 0. The third-order valence-electron chi connectivity index (χ3n) is 3.59. The van der Waals surface area contributed by atoms with Crippen molar-refractivity contribution in [2.24, 2.45) is 5.92 Å². The highest BCUT2D eigenvalue weighted by atomic mass is 16.5. The van der Waals surface area contributed by atoms with Gasteiger partial charge in [-0.1, -0.05) is 12.5 Å². The molecule has 1 fully saturated rings. The molecule has 70 valence electrons. The predicted octanol–water partition coefficient (Wildman–Crippen LogP) is 3.18. The molecule has 2 aliphatic carbocycles. The molecule has 1 saturated carbocycles. The molecule has 0 N–H and O–H groups in total. The van der Waals surface area contributed by atoms with E-state index >= 15 is 0 Å². The summed E-state index contributed by atoms with van der Waals surface area (Å²) in [5, 5.41) is 0. The minimum Gasteiger partial charge on any atom is -0.490 e. The van der Waals surface area contributed by atoms with Crippen molar-refractivity contribution in [2.45, 2.75) is 44.6 Å². The summed E-state index contributed by atoms with van der Waals surface area (Å²) in [6.07, 6.45) is 12.9. The molecule has 2 unspecified atom stereocenters. The van der Waals surface area contributed by atoms with Gasteiger partial charge in [0.2, 0.25) is 0 Å². The SMILES string of the molecule is C1=CC2=C(CC1)C1CCCCC1O2. The standard InChI is InChI=1S/C12H16O/c1-3-7-11-9(5-1)10-6-2-4-8-12(10)13-11/h3,7,10,12H,1-2,4-6,8H2. The fourth-order valence-electron chi connectivity index (χ4n) is 2.94. The maximum atomic E-state index is 5.96. The van der Waals surface area contributed by atoms with Crippen LogP contribution in [0.2, 0.25) is 0 Å². The Kier molecular flexibility index (Phi) is 1.71. The van der Waals surface area contributed by atoms with Gasteiger partial charge in [0, 0.05) is 5.92 Å². The highest BCUT2D eigenvalue weighted by Gasteiger charge is 2.37. The Morgan fingerprint density at radius 1 is 1.23 bits per heavy atom. The Labute approximate surface area is 79.5 Å². The van der Waals surface area contributed by atoms with Crippen LogP contribution in [0.1, 0.15) is 38.5 Å². The van der Waals surface area contributed by atoms with Crippen LogP contribution >= 0.6 is 0 Å². The van der Waals surface area contributed by atoms with Crippen molar-refractivity contribution >= 4 is 0 Å². The fraction of sp³-hybridized carbons (Fsp3) is 0.667. The summed E-state index contributed by atoms with van der Waals surface area (Å²) in [6, 6.07) is 0. The number of rotatable bonds is 0. The lowest BCUT2D eigenvalue weighted by Gasteiger charge is -2.25. The van der Waals surface area contributed by atoms with Gasteiger partial charge < -0.3 is 4.74 Å². The molecule has 0 aromatic rings. The van der Waals surface area contributed by atoms with Gasteiger partial charge in [-0.15, -0.1) is 0 Å². The van der Waals surface area contributed by atoms with Gasteiger partial charge in [0.05, 0.1) is 0 Å². The van der Waals surface area contributed by atoms with E-state index in [0.29, 0.717) is 6.10 Å². The average molecular weight is 176 g/mol. The lowest BCUT2D eigenvalue weighted by Crippen LogP contribution is -2.22. The Bertz CT molecular complexity index is 275. The Morgan fingerprint density at radius 3 is 3.15 bits per heavy atom. The van der Waals surface area contributed by atoms with E-state index in [4.69, 9.17) is 4.74 Å². The number of hydrogen-bond acceptors (Lipinski definition) is 1. The first kappa shape index (κ1) is 7.66. The van der Waals surface area contributed by atoms with Gasteiger partial charge >= 0.3 is 0 Å². The van der Waals surface area contributed by atoms with Crippen molar-refractivity contribution < 1.29 is 4.74 Å². The van der Waals surface area contributed by atoms with E-state index in [-0.39, 0.29) is 0 Å². The molecule has 0 bridgehead atoms. The summed E-state index contributed by atoms with van der Waals surface area (Å²) in [5.41, 5.74) is 1.63. The molecule has 1 aliphatic heterocycles. The normalized spacial score (nSPS) is 36.9. The monoisotopic (exact) mass is 176 g/mol. The quantitative estimate of drug-likeness (QED) is 0.551. The molecular weight excluding hydrogens is 160 g/mol. The van der Waals surface area contributed by atoms with Crippen molar-refractivity contribution in [2.75, 3.05) is 0 Å². The van der Waals surface area contributed by atoms with Crippen LogP contribution in [0.25, 0.3) is 0 Å². The molecule has 0 radical (unpaired) electrons. The Hall–Kier alpha value is -0.720. The second-order valence-electron chi connectivity index (χ2n) is 4.38. The van der Waals surface area contributed by atoms with Crippen LogP contribution in [0, 0.1) is 5.92 Å². The molecular formula is C12H16O. The fourth-order valence-corrected chi connectivity index (χ4v) is 2.94. The molecule has 13 heavy (non-hydrogen) atoms. The minimum atomic E-state index is 0.543. The zero-order valence-electron chi connectivity index (χ0n) is 7.96. The van der Waals surface area contributed by atoms with Gasteiger partial charge in [0.25, 0.3) is 0 Å². The third kappa shape index (κ3) is 1.13. The first-order chi connectivity index (χ1) is 6.45. The molecule has 1 heteroatoms. The first-order valence-corrected chi connectivity index (χ1v) is 5.51. The second-order valence-corrected chi connectivity index (χ2v) is 4.38. The van der Waals surface area contributed by atoms with Crippen molar-refractivity contribution in [1.29, 1.82) is 0 Å². The van der Waals surface area contributed by atoms with E-state index in [1.807, 2.05) is 0 Å². The highest BCUT2D eigenvalue weighted by Crippen LogP contribution is 2.43. The minimum absolute atomic E-state index is 0.543. The van der Waals surface area contributed by atoms with E-state index in [1.54, 1.807) is 5.57 Å². The summed E-state index contributed by atoms with van der Waals surface area (Å²) in [6.45, 7) is 0. The summed E-state index contributed by atoms with van der Waals surface area (Å²) >= 11 is 0. The first-order valence-electron chi connectivity index (χ1n) is 5.51. The van der Waals surface area contributed by atoms with Crippen molar-refractivity contribution in [3.8, 4) is 0 Å². The highest BCUT2D eigenvalue weighted by molar-refractivity contribution is 5.31. The number of ether oxygens (including phenoxy) is 1. The van der Waals surface area contributed by atoms with E-state index in [9.17, 15) is 0 Å². The van der Waals surface area contributed by atoms with Gasteiger partial charge in [0.15, 0.2) is 0 Å². The largest absolute Gasteiger partial charge is 0.490 e. The number of hydrogen-bond donors (Lipinski definition) is 0. The Balaban J connectivity index is 1.90. The van der Waals surface area contributed by atoms with E-state index in [1.165, 1.54) is 44.3 Å². The zero-order valence-corrected chi connectivity index (χ0v) is 7.96. The van der Waals surface area contributed by atoms with Gasteiger partial charge in [-0.25, -0.2) is 0 Å². The smallest absolute Gasteiger partial charge is 0.119 e. The van der Waals surface area contributed by atoms with Crippen LogP contribution < -0.4 is 0 Å². The van der Waals surface area contributed by atoms with Gasteiger partial charge in [0.1, 0.15) is 11.9 Å². The zero-order chi connectivity index (χ0) is 8.67. The molecule has 1 nitrogen and oxygen atoms in total. The lowest BCUT2D eigenvalue weighted by molar-refractivity contribution is 0.0876. The van der Waals surface area contributed by atoms with Crippen LogP contribution in [0.4, 0.5) is 0 Å². The molecule has 0 aromatic heterocycles. The van der Waals surface area contributed by atoms with E-state index < -0.39 is 0 Å². The summed E-state index contributed by atoms with van der Waals surface area (Å²) < 4.78 is 5.96. The van der Waals surface area contributed by atoms with Crippen LogP contribution in [0.5, 0.6) is 0 Å². The number of allylic oxidation sites excluding steroid dienone is 2. The summed E-state index contributed by atoms with van der Waals surface area (Å²) in [4.78, 5) is 0. The molecule has 1 heterocycles. The molecule has 0 saturated heterocycles. The maximum absolute atomic E-state index is 5.96. The third-order valence-corrected chi connectivity index (χ3v) is 3.59. The molecule has 0 spiro atoms. The topological polar surface area (TPSA) is 9.23 Å². The number of fused-ring (bicyclic) bond motifs is 2. The van der Waals surface area contributed by atoms with Crippen LogP contribution in [0.15, 0.2) is 23.5 Å². The maximum Gasteiger partial charge on any atom is 0.119 e. The second kappa shape index (κ2) is 2.90. The molecule has 3 rings (SSSR count). The lowest BCUT2D eigenvalue weighted by atomic mass is 9.80.